The Morgan fingerprint density at radius 1 is 1.50 bits per heavy atom. The fourth-order valence-corrected chi connectivity index (χ4v) is 2.34. The van der Waals surface area contributed by atoms with E-state index in [1.54, 1.807) is 0 Å². The van der Waals surface area contributed by atoms with Crippen molar-refractivity contribution < 1.29 is 4.21 Å². The molecule has 4 heteroatoms. The van der Waals surface area contributed by atoms with E-state index in [0.29, 0.717) is 6.54 Å². The zero-order valence-electron chi connectivity index (χ0n) is 7.29. The Kier molecular flexibility index (Phi) is 3.91. The van der Waals surface area contributed by atoms with Crippen molar-refractivity contribution in [3.63, 3.8) is 0 Å². The van der Waals surface area contributed by atoms with Crippen LogP contribution < -0.4 is 5.73 Å². The lowest BCUT2D eigenvalue weighted by Crippen LogP contribution is -2.39. The van der Waals surface area contributed by atoms with E-state index in [1.165, 1.54) is 0 Å². The summed E-state index contributed by atoms with van der Waals surface area (Å²) < 4.78 is 11.0. The maximum absolute atomic E-state index is 11.0. The van der Waals surface area contributed by atoms with Gasteiger partial charge < -0.3 is 5.73 Å². The summed E-state index contributed by atoms with van der Waals surface area (Å²) in [5, 5.41) is 0. The summed E-state index contributed by atoms with van der Waals surface area (Å²) in [6, 6.07) is 0. The minimum Gasteiger partial charge on any atom is -0.327 e. The second-order valence-corrected chi connectivity index (χ2v) is 4.77. The molecule has 1 heterocycles. The van der Waals surface area contributed by atoms with Crippen molar-refractivity contribution in [3.8, 4) is 0 Å². The summed E-state index contributed by atoms with van der Waals surface area (Å²) in [7, 11) is -0.580. The largest absolute Gasteiger partial charge is 0.327 e. The fourth-order valence-electron chi connectivity index (χ4n) is 1.21. The van der Waals surface area contributed by atoms with Gasteiger partial charge in [-0.25, -0.2) is 0 Å². The lowest BCUT2D eigenvalue weighted by molar-refractivity contribution is 0.324. The first kappa shape index (κ1) is 9.89. The third-order valence-corrected chi connectivity index (χ3v) is 3.28. The van der Waals surface area contributed by atoms with Crippen LogP contribution in [-0.4, -0.2) is 46.8 Å². The van der Waals surface area contributed by atoms with E-state index in [2.05, 4.69) is 11.5 Å². The minimum atomic E-state index is -0.580. The first-order chi connectivity index (χ1) is 5.72. The van der Waals surface area contributed by atoms with Crippen LogP contribution in [0.5, 0.6) is 0 Å². The molecule has 0 saturated carbocycles. The van der Waals surface area contributed by atoms with E-state index in [4.69, 9.17) is 5.73 Å². The molecule has 0 aromatic heterocycles. The minimum absolute atomic E-state index is 0.555. The number of nitrogens with zero attached hydrogens (tertiary/aromatic N) is 1. The highest BCUT2D eigenvalue weighted by Gasteiger charge is 2.14. The Hall–Kier alpha value is -0.190. The highest BCUT2D eigenvalue weighted by Crippen LogP contribution is 2.02. The number of rotatable bonds is 3. The maximum Gasteiger partial charge on any atom is 0.0363 e. The molecule has 1 fully saturated rings. The Balaban J connectivity index is 2.26. The number of hydrogen-bond acceptors (Lipinski definition) is 3. The van der Waals surface area contributed by atoms with E-state index >= 15 is 0 Å². The van der Waals surface area contributed by atoms with Crippen LogP contribution in [0.4, 0.5) is 0 Å². The predicted octanol–water partition coefficient (Wildman–Crippen LogP) is -0.434. The van der Waals surface area contributed by atoms with Gasteiger partial charge in [0.25, 0.3) is 0 Å². The SMILES string of the molecule is C=C(CN)CN1CCS(=O)CC1. The van der Waals surface area contributed by atoms with Crippen molar-refractivity contribution in [2.24, 2.45) is 5.73 Å². The first-order valence-corrected chi connectivity index (χ1v) is 5.65. The maximum atomic E-state index is 11.0. The predicted molar refractivity (Wildman–Crippen MR) is 52.5 cm³/mol. The Labute approximate surface area is 76.1 Å². The monoisotopic (exact) mass is 188 g/mol. The van der Waals surface area contributed by atoms with E-state index in [-0.39, 0.29) is 0 Å². The van der Waals surface area contributed by atoms with Crippen LogP contribution in [0.3, 0.4) is 0 Å². The second-order valence-electron chi connectivity index (χ2n) is 3.08. The topological polar surface area (TPSA) is 46.3 Å². The van der Waals surface area contributed by atoms with Crippen molar-refractivity contribution >= 4 is 10.8 Å². The van der Waals surface area contributed by atoms with Gasteiger partial charge in [0.05, 0.1) is 0 Å². The van der Waals surface area contributed by atoms with Crippen molar-refractivity contribution in [2.75, 3.05) is 37.7 Å². The summed E-state index contributed by atoms with van der Waals surface area (Å²) in [5.74, 6) is 1.61. The lowest BCUT2D eigenvalue weighted by atomic mass is 10.3. The van der Waals surface area contributed by atoms with E-state index in [9.17, 15) is 4.21 Å². The highest BCUT2D eigenvalue weighted by atomic mass is 32.2. The number of hydrogen-bond donors (Lipinski definition) is 1. The van der Waals surface area contributed by atoms with Crippen molar-refractivity contribution in [1.29, 1.82) is 0 Å². The van der Waals surface area contributed by atoms with Gasteiger partial charge in [0.2, 0.25) is 0 Å². The van der Waals surface area contributed by atoms with Gasteiger partial charge in [0.1, 0.15) is 0 Å². The van der Waals surface area contributed by atoms with Crippen LogP contribution in [0.2, 0.25) is 0 Å². The normalized spacial score (nSPS) is 21.1. The van der Waals surface area contributed by atoms with Crippen molar-refractivity contribution in [2.45, 2.75) is 0 Å². The van der Waals surface area contributed by atoms with Gasteiger partial charge in [-0.15, -0.1) is 0 Å². The first-order valence-electron chi connectivity index (χ1n) is 4.16. The molecule has 1 aliphatic heterocycles. The molecule has 1 aliphatic rings. The van der Waals surface area contributed by atoms with Gasteiger partial charge >= 0.3 is 0 Å². The molecule has 1 rings (SSSR count). The van der Waals surface area contributed by atoms with Crippen LogP contribution in [0.1, 0.15) is 0 Å². The Bertz CT molecular complexity index is 183. The molecule has 0 aliphatic carbocycles. The van der Waals surface area contributed by atoms with E-state index in [1.807, 2.05) is 0 Å². The van der Waals surface area contributed by atoms with E-state index < -0.39 is 10.8 Å². The molecule has 2 N–H and O–H groups in total. The molecule has 12 heavy (non-hydrogen) atoms. The van der Waals surface area contributed by atoms with Gasteiger partial charge in [0, 0.05) is 48.5 Å². The molecular weight excluding hydrogens is 172 g/mol. The number of nitrogens with two attached hydrogens (primary N) is 1. The molecule has 0 aromatic carbocycles. The van der Waals surface area contributed by atoms with Crippen LogP contribution in [-0.2, 0) is 10.8 Å². The smallest absolute Gasteiger partial charge is 0.0363 e. The van der Waals surface area contributed by atoms with Crippen LogP contribution in [0, 0.1) is 0 Å². The molecule has 0 atom stereocenters. The lowest BCUT2D eigenvalue weighted by Gasteiger charge is -2.26. The summed E-state index contributed by atoms with van der Waals surface area (Å²) >= 11 is 0. The van der Waals surface area contributed by atoms with Crippen LogP contribution in [0.15, 0.2) is 12.2 Å². The molecule has 0 bridgehead atoms. The third-order valence-electron chi connectivity index (χ3n) is 2.01. The molecule has 1 saturated heterocycles. The van der Waals surface area contributed by atoms with Crippen molar-refractivity contribution in [1.82, 2.24) is 4.90 Å². The van der Waals surface area contributed by atoms with Gasteiger partial charge in [0.15, 0.2) is 0 Å². The molecule has 0 spiro atoms. The average Bonchev–Trinajstić information content (AvgIpc) is 2.09. The fraction of sp³-hybridized carbons (Fsp3) is 0.750. The Morgan fingerprint density at radius 3 is 2.58 bits per heavy atom. The standard InChI is InChI=1S/C8H16N2OS/c1-8(6-9)7-10-2-4-12(11)5-3-10/h1-7,9H2. The Morgan fingerprint density at radius 2 is 2.08 bits per heavy atom. The molecule has 3 nitrogen and oxygen atoms in total. The van der Waals surface area contributed by atoms with E-state index in [0.717, 1.165) is 36.7 Å². The summed E-state index contributed by atoms with van der Waals surface area (Å²) in [6.07, 6.45) is 0. The van der Waals surface area contributed by atoms with Gasteiger partial charge in [-0.05, 0) is 5.57 Å². The second kappa shape index (κ2) is 4.74. The zero-order chi connectivity index (χ0) is 8.97. The summed E-state index contributed by atoms with van der Waals surface area (Å²) in [4.78, 5) is 2.26. The zero-order valence-corrected chi connectivity index (χ0v) is 8.11. The summed E-state index contributed by atoms with van der Waals surface area (Å²) in [5.41, 5.74) is 6.49. The van der Waals surface area contributed by atoms with Gasteiger partial charge in [-0.2, -0.15) is 0 Å². The summed E-state index contributed by atoms with van der Waals surface area (Å²) in [6.45, 7) is 7.11. The van der Waals surface area contributed by atoms with Gasteiger partial charge in [-0.1, -0.05) is 6.58 Å². The van der Waals surface area contributed by atoms with Crippen LogP contribution in [0.25, 0.3) is 0 Å². The molecule has 0 unspecified atom stereocenters. The molecule has 70 valence electrons. The van der Waals surface area contributed by atoms with Gasteiger partial charge in [-0.3, -0.25) is 9.11 Å². The van der Waals surface area contributed by atoms with Crippen molar-refractivity contribution in [3.05, 3.63) is 12.2 Å². The third kappa shape index (κ3) is 3.05. The van der Waals surface area contributed by atoms with Crippen LogP contribution >= 0.6 is 0 Å². The average molecular weight is 188 g/mol. The quantitative estimate of drug-likeness (QED) is 0.611. The molecular formula is C8H16N2OS. The highest BCUT2D eigenvalue weighted by molar-refractivity contribution is 7.85. The molecule has 0 radical (unpaired) electrons. The molecule has 0 amide bonds. The molecule has 0 aromatic rings.